The zero-order chi connectivity index (χ0) is 9.84. The molecule has 1 nitrogen and oxygen atoms in total. The van der Waals surface area contributed by atoms with Gasteiger partial charge in [0.05, 0.1) is 0 Å². The van der Waals surface area contributed by atoms with Crippen LogP contribution in [0.5, 0.6) is 0 Å². The lowest BCUT2D eigenvalue weighted by molar-refractivity contribution is 0.260. The molecule has 0 bridgehead atoms. The van der Waals surface area contributed by atoms with E-state index in [-0.39, 0.29) is 0 Å². The Morgan fingerprint density at radius 1 is 1.23 bits per heavy atom. The van der Waals surface area contributed by atoms with E-state index >= 15 is 0 Å². The Morgan fingerprint density at radius 3 is 2.54 bits per heavy atom. The first kappa shape index (κ1) is 10.5. The lowest BCUT2D eigenvalue weighted by Gasteiger charge is -2.10. The van der Waals surface area contributed by atoms with E-state index in [1.165, 1.54) is 16.3 Å². The predicted octanol–water partition coefficient (Wildman–Crippen LogP) is 1.44. The number of benzene rings is 1. The van der Waals surface area contributed by atoms with E-state index in [4.69, 9.17) is 4.43 Å². The van der Waals surface area contributed by atoms with E-state index in [0.29, 0.717) is 6.10 Å². The molecule has 0 aliphatic carbocycles. The molecule has 0 unspecified atom stereocenters. The van der Waals surface area contributed by atoms with Crippen molar-refractivity contribution in [2.24, 2.45) is 0 Å². The normalized spacial score (nSPS) is 11.8. The minimum absolute atomic E-state index is 0.367. The largest absolute Gasteiger partial charge is 0.416 e. The number of aryl methyl sites for hydroxylation is 1. The minimum Gasteiger partial charge on any atom is -0.416 e. The van der Waals surface area contributed by atoms with E-state index in [9.17, 15) is 0 Å². The maximum atomic E-state index is 5.70. The Balaban J connectivity index is 2.71. The summed E-state index contributed by atoms with van der Waals surface area (Å²) in [5.41, 5.74) is 2.78. The van der Waals surface area contributed by atoms with Crippen LogP contribution in [0.15, 0.2) is 18.2 Å². The summed E-state index contributed by atoms with van der Waals surface area (Å²) >= 11 is 0. The van der Waals surface area contributed by atoms with Gasteiger partial charge in [0.1, 0.15) is 0 Å². The van der Waals surface area contributed by atoms with E-state index in [1.807, 2.05) is 0 Å². The maximum absolute atomic E-state index is 5.70. The van der Waals surface area contributed by atoms with Crippen LogP contribution in [-0.2, 0) is 4.43 Å². The van der Waals surface area contributed by atoms with Crippen molar-refractivity contribution in [2.75, 3.05) is 0 Å². The summed E-state index contributed by atoms with van der Waals surface area (Å²) in [6.45, 7) is 8.53. The molecule has 2 heteroatoms. The number of hydrogen-bond acceptors (Lipinski definition) is 1. The van der Waals surface area contributed by atoms with E-state index in [2.05, 4.69) is 45.9 Å². The molecule has 0 aliphatic heterocycles. The molecule has 0 heterocycles. The summed E-state index contributed by atoms with van der Waals surface area (Å²) in [4.78, 5) is 0. The minimum atomic E-state index is -0.509. The van der Waals surface area contributed by atoms with Crippen molar-refractivity contribution in [1.29, 1.82) is 0 Å². The van der Waals surface area contributed by atoms with Gasteiger partial charge in [-0.1, -0.05) is 18.2 Å². The molecular formula is C11H18OSi. The fourth-order valence-electron chi connectivity index (χ4n) is 1.22. The van der Waals surface area contributed by atoms with Gasteiger partial charge in [0.25, 0.3) is 0 Å². The molecule has 0 saturated carbocycles. The highest BCUT2D eigenvalue weighted by Gasteiger charge is 2.02. The van der Waals surface area contributed by atoms with Gasteiger partial charge >= 0.3 is 0 Å². The fourth-order valence-corrected chi connectivity index (χ4v) is 2.47. The summed E-state index contributed by atoms with van der Waals surface area (Å²) in [6, 6.07) is 6.47. The molecule has 0 aliphatic rings. The van der Waals surface area contributed by atoms with Crippen molar-refractivity contribution in [3.8, 4) is 0 Å². The lowest BCUT2D eigenvalue weighted by atomic mass is 10.1. The molecule has 0 aromatic heterocycles. The third kappa shape index (κ3) is 2.97. The smallest absolute Gasteiger partial charge is 0.192 e. The summed E-state index contributed by atoms with van der Waals surface area (Å²) < 4.78 is 5.70. The van der Waals surface area contributed by atoms with Crippen molar-refractivity contribution in [3.63, 3.8) is 0 Å². The average molecular weight is 194 g/mol. The van der Waals surface area contributed by atoms with Crippen molar-refractivity contribution in [3.05, 3.63) is 29.3 Å². The monoisotopic (exact) mass is 194 g/mol. The molecule has 1 rings (SSSR count). The van der Waals surface area contributed by atoms with E-state index in [0.717, 1.165) is 0 Å². The SMILES string of the molecule is Cc1cccc([SiH2]OC(C)C)c1C. The van der Waals surface area contributed by atoms with Gasteiger partial charge in [0.2, 0.25) is 0 Å². The van der Waals surface area contributed by atoms with Crippen LogP contribution in [0.2, 0.25) is 0 Å². The van der Waals surface area contributed by atoms with Crippen LogP contribution >= 0.6 is 0 Å². The quantitative estimate of drug-likeness (QED) is 0.662. The maximum Gasteiger partial charge on any atom is 0.192 e. The van der Waals surface area contributed by atoms with Gasteiger partial charge in [0, 0.05) is 6.10 Å². The Labute approximate surface area is 83.1 Å². The first-order valence-corrected chi connectivity index (χ1v) is 6.06. The van der Waals surface area contributed by atoms with Gasteiger partial charge in [-0.05, 0) is 44.0 Å². The number of rotatable bonds is 3. The molecule has 0 radical (unpaired) electrons. The molecule has 0 spiro atoms. The zero-order valence-corrected chi connectivity index (χ0v) is 10.3. The average Bonchev–Trinajstić information content (AvgIpc) is 2.07. The van der Waals surface area contributed by atoms with Crippen LogP contribution in [0, 0.1) is 13.8 Å². The van der Waals surface area contributed by atoms with Crippen molar-refractivity contribution >= 4 is 14.9 Å². The third-order valence-corrected chi connectivity index (χ3v) is 4.20. The molecule has 72 valence electrons. The van der Waals surface area contributed by atoms with Gasteiger partial charge in [-0.15, -0.1) is 0 Å². The Hall–Kier alpha value is -0.603. The van der Waals surface area contributed by atoms with Crippen LogP contribution in [0.1, 0.15) is 25.0 Å². The van der Waals surface area contributed by atoms with Crippen LogP contribution in [0.3, 0.4) is 0 Å². The van der Waals surface area contributed by atoms with E-state index in [1.54, 1.807) is 0 Å². The second kappa shape index (κ2) is 4.58. The highest BCUT2D eigenvalue weighted by Crippen LogP contribution is 2.02. The van der Waals surface area contributed by atoms with Crippen LogP contribution < -0.4 is 5.19 Å². The molecule has 0 amide bonds. The molecule has 13 heavy (non-hydrogen) atoms. The van der Waals surface area contributed by atoms with Crippen LogP contribution in [-0.4, -0.2) is 15.9 Å². The standard InChI is InChI=1S/C11H18OSi/c1-8(2)12-13-11-7-5-6-9(3)10(11)4/h5-8H,13H2,1-4H3. The second-order valence-electron chi connectivity index (χ2n) is 3.72. The van der Waals surface area contributed by atoms with Crippen molar-refractivity contribution < 1.29 is 4.43 Å². The Kier molecular flexibility index (Phi) is 3.69. The van der Waals surface area contributed by atoms with E-state index < -0.39 is 9.76 Å². The fraction of sp³-hybridized carbons (Fsp3) is 0.455. The zero-order valence-electron chi connectivity index (χ0n) is 8.92. The van der Waals surface area contributed by atoms with Gasteiger partial charge in [-0.2, -0.15) is 0 Å². The molecule has 0 atom stereocenters. The lowest BCUT2D eigenvalue weighted by Crippen LogP contribution is -2.23. The predicted molar refractivity (Wildman–Crippen MR) is 60.3 cm³/mol. The number of hydrogen-bond donors (Lipinski definition) is 0. The van der Waals surface area contributed by atoms with Gasteiger partial charge in [0.15, 0.2) is 9.76 Å². The second-order valence-corrected chi connectivity index (χ2v) is 5.10. The molecule has 0 saturated heterocycles. The summed E-state index contributed by atoms with van der Waals surface area (Å²) in [7, 11) is -0.509. The highest BCUT2D eigenvalue weighted by atomic mass is 28.2. The first-order valence-electron chi connectivity index (χ1n) is 4.78. The van der Waals surface area contributed by atoms with Crippen molar-refractivity contribution in [1.82, 2.24) is 0 Å². The topological polar surface area (TPSA) is 9.23 Å². The molecule has 0 fully saturated rings. The van der Waals surface area contributed by atoms with Gasteiger partial charge in [-0.3, -0.25) is 0 Å². The van der Waals surface area contributed by atoms with Crippen LogP contribution in [0.4, 0.5) is 0 Å². The molecule has 0 N–H and O–H groups in total. The van der Waals surface area contributed by atoms with Crippen molar-refractivity contribution in [2.45, 2.75) is 33.8 Å². The Morgan fingerprint density at radius 2 is 1.92 bits per heavy atom. The third-order valence-electron chi connectivity index (χ3n) is 2.29. The molecular weight excluding hydrogens is 176 g/mol. The first-order chi connectivity index (χ1) is 6.11. The van der Waals surface area contributed by atoms with Gasteiger partial charge < -0.3 is 4.43 Å². The van der Waals surface area contributed by atoms with Gasteiger partial charge in [-0.25, -0.2) is 0 Å². The molecule has 1 aromatic carbocycles. The summed E-state index contributed by atoms with van der Waals surface area (Å²) in [5.74, 6) is 0. The summed E-state index contributed by atoms with van der Waals surface area (Å²) in [6.07, 6.45) is 0.367. The summed E-state index contributed by atoms with van der Waals surface area (Å²) in [5, 5.41) is 1.44. The highest BCUT2D eigenvalue weighted by molar-refractivity contribution is 6.47. The van der Waals surface area contributed by atoms with Crippen LogP contribution in [0.25, 0.3) is 0 Å². The molecule has 1 aromatic rings. The Bertz CT molecular complexity index is 281.